The number of amides is 1. The number of halogens is 2. The standard InChI is InChI=1S/C12H13ClFNO2/c1-12(6-17-7-12)5-15-11(16)8-2-3-10(14)9(13)4-8/h2-4H,5-7H2,1H3,(H,15,16). The van der Waals surface area contributed by atoms with E-state index in [-0.39, 0.29) is 16.3 Å². The zero-order chi connectivity index (χ0) is 12.5. The Morgan fingerprint density at radius 1 is 1.59 bits per heavy atom. The van der Waals surface area contributed by atoms with Crippen molar-refractivity contribution >= 4 is 17.5 Å². The second kappa shape index (κ2) is 4.63. The summed E-state index contributed by atoms with van der Waals surface area (Å²) in [7, 11) is 0. The van der Waals surface area contributed by atoms with Crippen LogP contribution in [0.4, 0.5) is 4.39 Å². The molecule has 0 atom stereocenters. The van der Waals surface area contributed by atoms with E-state index in [1.807, 2.05) is 6.92 Å². The Balaban J connectivity index is 1.97. The third kappa shape index (κ3) is 2.76. The number of ether oxygens (including phenoxy) is 1. The van der Waals surface area contributed by atoms with Crippen molar-refractivity contribution in [2.75, 3.05) is 19.8 Å². The van der Waals surface area contributed by atoms with E-state index in [1.54, 1.807) is 0 Å². The summed E-state index contributed by atoms with van der Waals surface area (Å²) in [6, 6.07) is 3.92. The Morgan fingerprint density at radius 2 is 2.29 bits per heavy atom. The molecule has 0 aliphatic carbocycles. The maximum absolute atomic E-state index is 12.9. The first-order valence-electron chi connectivity index (χ1n) is 5.31. The monoisotopic (exact) mass is 257 g/mol. The number of benzene rings is 1. The molecule has 3 nitrogen and oxygen atoms in total. The molecule has 5 heteroatoms. The van der Waals surface area contributed by atoms with Crippen LogP contribution in [0.2, 0.25) is 5.02 Å². The van der Waals surface area contributed by atoms with E-state index >= 15 is 0 Å². The Labute approximate surface area is 104 Å². The van der Waals surface area contributed by atoms with Crippen molar-refractivity contribution in [2.24, 2.45) is 5.41 Å². The summed E-state index contributed by atoms with van der Waals surface area (Å²) in [5, 5.41) is 2.74. The molecule has 0 aromatic heterocycles. The molecule has 0 bridgehead atoms. The number of nitrogens with one attached hydrogen (secondary N) is 1. The highest BCUT2D eigenvalue weighted by Crippen LogP contribution is 2.25. The van der Waals surface area contributed by atoms with Gasteiger partial charge >= 0.3 is 0 Å². The molecule has 1 aromatic rings. The predicted octanol–water partition coefficient (Wildman–Crippen LogP) is 2.25. The molecule has 1 N–H and O–H groups in total. The fourth-order valence-corrected chi connectivity index (χ4v) is 1.77. The number of hydrogen-bond acceptors (Lipinski definition) is 2. The van der Waals surface area contributed by atoms with Gasteiger partial charge in [-0.15, -0.1) is 0 Å². The summed E-state index contributed by atoms with van der Waals surface area (Å²) in [4.78, 5) is 11.8. The van der Waals surface area contributed by atoms with Crippen molar-refractivity contribution in [2.45, 2.75) is 6.92 Å². The second-order valence-electron chi connectivity index (χ2n) is 4.62. The molecule has 0 saturated carbocycles. The molecule has 1 fully saturated rings. The normalized spacial score (nSPS) is 17.4. The highest BCUT2D eigenvalue weighted by atomic mass is 35.5. The Morgan fingerprint density at radius 3 is 2.82 bits per heavy atom. The summed E-state index contributed by atoms with van der Waals surface area (Å²) in [6.07, 6.45) is 0. The van der Waals surface area contributed by atoms with E-state index in [0.717, 1.165) is 0 Å². The molecule has 1 aliphatic heterocycles. The average Bonchev–Trinajstić information content (AvgIpc) is 2.27. The van der Waals surface area contributed by atoms with E-state index in [2.05, 4.69) is 5.32 Å². The number of hydrogen-bond donors (Lipinski definition) is 1. The van der Waals surface area contributed by atoms with E-state index in [9.17, 15) is 9.18 Å². The molecule has 0 radical (unpaired) electrons. The maximum Gasteiger partial charge on any atom is 0.251 e. The quantitative estimate of drug-likeness (QED) is 0.902. The van der Waals surface area contributed by atoms with E-state index in [0.29, 0.717) is 25.3 Å². The number of carbonyl (C=O) groups excluding carboxylic acids is 1. The van der Waals surface area contributed by atoms with Crippen molar-refractivity contribution in [1.82, 2.24) is 5.32 Å². The lowest BCUT2D eigenvalue weighted by atomic mass is 9.88. The smallest absolute Gasteiger partial charge is 0.251 e. The minimum atomic E-state index is -0.525. The highest BCUT2D eigenvalue weighted by molar-refractivity contribution is 6.31. The van der Waals surface area contributed by atoms with Crippen molar-refractivity contribution in [3.05, 3.63) is 34.6 Å². The molecule has 92 valence electrons. The highest BCUT2D eigenvalue weighted by Gasteiger charge is 2.33. The summed E-state index contributed by atoms with van der Waals surface area (Å²) in [5.74, 6) is -0.775. The van der Waals surface area contributed by atoms with Crippen LogP contribution in [-0.2, 0) is 4.74 Å². The lowest BCUT2D eigenvalue weighted by Crippen LogP contribution is -2.48. The van der Waals surface area contributed by atoms with Crippen LogP contribution < -0.4 is 5.32 Å². The Kier molecular flexibility index (Phi) is 3.35. The second-order valence-corrected chi connectivity index (χ2v) is 5.02. The first-order chi connectivity index (χ1) is 8.00. The lowest BCUT2D eigenvalue weighted by Gasteiger charge is -2.38. The fraction of sp³-hybridized carbons (Fsp3) is 0.417. The van der Waals surface area contributed by atoms with Gasteiger partial charge in [-0.05, 0) is 18.2 Å². The molecule has 1 aliphatic rings. The number of carbonyl (C=O) groups is 1. The third-order valence-electron chi connectivity index (χ3n) is 2.76. The number of rotatable bonds is 3. The SMILES string of the molecule is CC1(CNC(=O)c2ccc(F)c(Cl)c2)COC1. The largest absolute Gasteiger partial charge is 0.380 e. The van der Waals surface area contributed by atoms with E-state index in [4.69, 9.17) is 16.3 Å². The first-order valence-corrected chi connectivity index (χ1v) is 5.69. The summed E-state index contributed by atoms with van der Waals surface area (Å²) in [5.41, 5.74) is 0.375. The summed E-state index contributed by atoms with van der Waals surface area (Å²) < 4.78 is 18.0. The molecule has 1 aromatic carbocycles. The minimum absolute atomic E-state index is 0.0134. The van der Waals surface area contributed by atoms with Gasteiger partial charge in [0, 0.05) is 17.5 Å². The van der Waals surface area contributed by atoms with Crippen molar-refractivity contribution in [1.29, 1.82) is 0 Å². The van der Waals surface area contributed by atoms with Crippen molar-refractivity contribution in [3.8, 4) is 0 Å². The van der Waals surface area contributed by atoms with Gasteiger partial charge in [-0.3, -0.25) is 4.79 Å². The van der Waals surface area contributed by atoms with Crippen LogP contribution in [0.3, 0.4) is 0 Å². The van der Waals surface area contributed by atoms with Gasteiger partial charge in [-0.2, -0.15) is 0 Å². The van der Waals surface area contributed by atoms with Gasteiger partial charge in [0.2, 0.25) is 0 Å². The minimum Gasteiger partial charge on any atom is -0.380 e. The maximum atomic E-state index is 12.9. The summed E-state index contributed by atoms with van der Waals surface area (Å²) in [6.45, 7) is 3.88. The molecular weight excluding hydrogens is 245 g/mol. The zero-order valence-corrected chi connectivity index (χ0v) is 10.2. The van der Waals surface area contributed by atoms with Gasteiger partial charge in [0.25, 0.3) is 5.91 Å². The average molecular weight is 258 g/mol. The topological polar surface area (TPSA) is 38.3 Å². The van der Waals surface area contributed by atoms with Crippen LogP contribution in [-0.4, -0.2) is 25.7 Å². The Hall–Kier alpha value is -1.13. The van der Waals surface area contributed by atoms with Crippen LogP contribution in [0, 0.1) is 11.2 Å². The van der Waals surface area contributed by atoms with Crippen LogP contribution in [0.25, 0.3) is 0 Å². The molecule has 0 spiro atoms. The third-order valence-corrected chi connectivity index (χ3v) is 3.05. The van der Waals surface area contributed by atoms with E-state index < -0.39 is 5.82 Å². The molecule has 1 amide bonds. The zero-order valence-electron chi connectivity index (χ0n) is 9.43. The van der Waals surface area contributed by atoms with Gasteiger partial charge < -0.3 is 10.1 Å². The van der Waals surface area contributed by atoms with Gasteiger partial charge in [-0.1, -0.05) is 18.5 Å². The summed E-state index contributed by atoms with van der Waals surface area (Å²) >= 11 is 5.61. The van der Waals surface area contributed by atoms with Crippen molar-refractivity contribution in [3.63, 3.8) is 0 Å². The van der Waals surface area contributed by atoms with Crippen LogP contribution in [0.15, 0.2) is 18.2 Å². The molecule has 1 saturated heterocycles. The lowest BCUT2D eigenvalue weighted by molar-refractivity contribution is -0.0978. The van der Waals surface area contributed by atoms with E-state index in [1.165, 1.54) is 18.2 Å². The van der Waals surface area contributed by atoms with Gasteiger partial charge in [0.15, 0.2) is 0 Å². The molecule has 17 heavy (non-hydrogen) atoms. The molecule has 1 heterocycles. The Bertz CT molecular complexity index is 446. The van der Waals surface area contributed by atoms with Gasteiger partial charge in [0.1, 0.15) is 5.82 Å². The van der Waals surface area contributed by atoms with Crippen LogP contribution in [0.1, 0.15) is 17.3 Å². The van der Waals surface area contributed by atoms with Gasteiger partial charge in [0.05, 0.1) is 18.2 Å². The first kappa shape index (κ1) is 12.3. The van der Waals surface area contributed by atoms with Gasteiger partial charge in [-0.25, -0.2) is 4.39 Å². The molecular formula is C12H13ClFNO2. The van der Waals surface area contributed by atoms with Crippen LogP contribution >= 0.6 is 11.6 Å². The molecule has 2 rings (SSSR count). The van der Waals surface area contributed by atoms with Crippen LogP contribution in [0.5, 0.6) is 0 Å². The van der Waals surface area contributed by atoms with Crippen molar-refractivity contribution < 1.29 is 13.9 Å². The predicted molar refractivity (Wildman–Crippen MR) is 62.7 cm³/mol. The molecule has 0 unspecified atom stereocenters. The fourth-order valence-electron chi connectivity index (χ4n) is 1.59.